The molecule has 0 fully saturated rings. The molecule has 0 aliphatic heterocycles. The van der Waals surface area contributed by atoms with E-state index in [9.17, 15) is 0 Å². The van der Waals surface area contributed by atoms with Crippen LogP contribution in [0.5, 0.6) is 0 Å². The van der Waals surface area contributed by atoms with E-state index in [1.807, 2.05) is 0 Å². The van der Waals surface area contributed by atoms with Crippen LogP contribution in [0, 0.1) is 20.8 Å². The van der Waals surface area contributed by atoms with E-state index in [0.717, 1.165) is 0 Å². The number of benzene rings is 6. The van der Waals surface area contributed by atoms with E-state index in [-0.39, 0.29) is 0 Å². The average Bonchev–Trinajstić information content (AvgIpc) is 3.46. The van der Waals surface area contributed by atoms with E-state index in [1.165, 1.54) is 98.6 Å². The summed E-state index contributed by atoms with van der Waals surface area (Å²) in [7, 11) is 0. The summed E-state index contributed by atoms with van der Waals surface area (Å²) in [5.74, 6) is 1.01. The van der Waals surface area contributed by atoms with Gasteiger partial charge in [0.05, 0.1) is 16.6 Å². The molecule has 0 spiro atoms. The molecule has 0 saturated carbocycles. The molecule has 8 aromatic rings. The summed E-state index contributed by atoms with van der Waals surface area (Å²) >= 11 is 0. The van der Waals surface area contributed by atoms with Crippen LogP contribution in [0.25, 0.3) is 70.8 Å². The quantitative estimate of drug-likeness (QED) is 0.209. The first-order valence-electron chi connectivity index (χ1n) is 15.4. The largest absolute Gasteiger partial charge is 0.308 e. The summed E-state index contributed by atoms with van der Waals surface area (Å²) in [5.41, 5.74) is 13.4. The van der Waals surface area contributed by atoms with E-state index in [4.69, 9.17) is 0 Å². The SMILES string of the molecule is Cc1cc(-c2cc3c4cc5cc(C(C)C)ccc5cc4n4c5cc6ccc(C(C)C)cc6cc5c(c2)c34)cc(C)c1C. The van der Waals surface area contributed by atoms with Gasteiger partial charge in [-0.25, -0.2) is 0 Å². The first-order chi connectivity index (χ1) is 20.2. The van der Waals surface area contributed by atoms with Crippen molar-refractivity contribution >= 4 is 59.6 Å². The molecule has 1 heteroatoms. The highest BCUT2D eigenvalue weighted by Gasteiger charge is 2.21. The van der Waals surface area contributed by atoms with E-state index >= 15 is 0 Å². The fraction of sp³-hybridized carbons (Fsp3) is 0.220. The lowest BCUT2D eigenvalue weighted by molar-refractivity contribution is 0.869. The first kappa shape index (κ1) is 25.4. The zero-order chi connectivity index (χ0) is 29.0. The van der Waals surface area contributed by atoms with Crippen LogP contribution in [0.15, 0.2) is 84.9 Å². The number of hydrogen-bond acceptors (Lipinski definition) is 0. The van der Waals surface area contributed by atoms with Gasteiger partial charge in [-0.1, -0.05) is 76.2 Å². The Kier molecular flexibility index (Phi) is 5.33. The molecule has 206 valence electrons. The highest BCUT2D eigenvalue weighted by molar-refractivity contribution is 6.27. The Labute approximate surface area is 247 Å². The van der Waals surface area contributed by atoms with Crippen molar-refractivity contribution in [1.29, 1.82) is 0 Å². The van der Waals surface area contributed by atoms with Gasteiger partial charge in [-0.05, 0) is 129 Å². The van der Waals surface area contributed by atoms with E-state index in [0.29, 0.717) is 11.8 Å². The van der Waals surface area contributed by atoms with Crippen molar-refractivity contribution in [3.8, 4) is 11.1 Å². The lowest BCUT2D eigenvalue weighted by Gasteiger charge is -2.11. The van der Waals surface area contributed by atoms with Gasteiger partial charge in [0.1, 0.15) is 0 Å². The van der Waals surface area contributed by atoms with Crippen molar-refractivity contribution in [2.75, 3.05) is 0 Å². The maximum absolute atomic E-state index is 2.54. The van der Waals surface area contributed by atoms with E-state index < -0.39 is 0 Å². The molecule has 0 radical (unpaired) electrons. The molecule has 8 rings (SSSR count). The third kappa shape index (κ3) is 3.56. The molecule has 0 aliphatic rings. The lowest BCUT2D eigenvalue weighted by Crippen LogP contribution is -1.89. The highest BCUT2D eigenvalue weighted by atomic mass is 14.9. The monoisotopic (exact) mass is 543 g/mol. The smallest absolute Gasteiger partial charge is 0.0620 e. The fourth-order valence-electron chi connectivity index (χ4n) is 7.15. The molecule has 42 heavy (non-hydrogen) atoms. The third-order valence-electron chi connectivity index (χ3n) is 9.95. The molecule has 0 N–H and O–H groups in total. The van der Waals surface area contributed by atoms with Crippen molar-refractivity contribution in [2.24, 2.45) is 0 Å². The summed E-state index contributed by atoms with van der Waals surface area (Å²) in [6.45, 7) is 15.8. The van der Waals surface area contributed by atoms with Crippen LogP contribution in [0.3, 0.4) is 0 Å². The number of aromatic nitrogens is 1. The number of nitrogens with zero attached hydrogens (tertiary/aromatic N) is 1. The Bertz CT molecular complexity index is 2220. The Hall–Kier alpha value is -4.36. The van der Waals surface area contributed by atoms with Gasteiger partial charge >= 0.3 is 0 Å². The average molecular weight is 544 g/mol. The summed E-state index contributed by atoms with van der Waals surface area (Å²) in [4.78, 5) is 0. The zero-order valence-corrected chi connectivity index (χ0v) is 25.7. The van der Waals surface area contributed by atoms with Gasteiger partial charge in [0.15, 0.2) is 0 Å². The van der Waals surface area contributed by atoms with E-state index in [2.05, 4.69) is 138 Å². The second kappa shape index (κ2) is 8.82. The molecule has 2 aromatic heterocycles. The minimum Gasteiger partial charge on any atom is -0.308 e. The summed E-state index contributed by atoms with van der Waals surface area (Å²) in [6, 6.07) is 33.3. The molecule has 0 saturated heterocycles. The molecule has 0 unspecified atom stereocenters. The molecule has 1 nitrogen and oxygen atoms in total. The summed E-state index contributed by atoms with van der Waals surface area (Å²) in [6.07, 6.45) is 0. The van der Waals surface area contributed by atoms with Gasteiger partial charge in [0.25, 0.3) is 0 Å². The van der Waals surface area contributed by atoms with Gasteiger partial charge < -0.3 is 4.40 Å². The molecule has 0 bridgehead atoms. The van der Waals surface area contributed by atoms with Gasteiger partial charge in [-0.2, -0.15) is 0 Å². The fourth-order valence-corrected chi connectivity index (χ4v) is 7.15. The Morgan fingerprint density at radius 2 is 0.905 bits per heavy atom. The van der Waals surface area contributed by atoms with Gasteiger partial charge in [0.2, 0.25) is 0 Å². The van der Waals surface area contributed by atoms with Gasteiger partial charge in [-0.15, -0.1) is 0 Å². The molecule has 0 amide bonds. The third-order valence-corrected chi connectivity index (χ3v) is 9.95. The molecule has 2 heterocycles. The minimum absolute atomic E-state index is 0.507. The normalized spacial score (nSPS) is 12.6. The van der Waals surface area contributed by atoms with E-state index in [1.54, 1.807) is 0 Å². The number of fused-ring (bicyclic) bond motifs is 8. The van der Waals surface area contributed by atoms with Crippen LogP contribution >= 0.6 is 0 Å². The van der Waals surface area contributed by atoms with Gasteiger partial charge in [-0.3, -0.25) is 0 Å². The molecular formula is C41H37N. The molecular weight excluding hydrogens is 506 g/mol. The van der Waals surface area contributed by atoms with Crippen LogP contribution in [0.4, 0.5) is 0 Å². The topological polar surface area (TPSA) is 4.41 Å². The maximum atomic E-state index is 2.54. The van der Waals surface area contributed by atoms with Crippen LogP contribution < -0.4 is 0 Å². The second-order valence-electron chi connectivity index (χ2n) is 13.3. The predicted octanol–water partition coefficient (Wildman–Crippen LogP) is 12.0. The van der Waals surface area contributed by atoms with Crippen molar-refractivity contribution in [3.63, 3.8) is 0 Å². The second-order valence-corrected chi connectivity index (χ2v) is 13.3. The van der Waals surface area contributed by atoms with Crippen LogP contribution in [-0.4, -0.2) is 4.40 Å². The maximum Gasteiger partial charge on any atom is 0.0620 e. The predicted molar refractivity (Wildman–Crippen MR) is 184 cm³/mol. The van der Waals surface area contributed by atoms with Crippen molar-refractivity contribution < 1.29 is 0 Å². The Balaban J connectivity index is 1.55. The lowest BCUT2D eigenvalue weighted by atomic mass is 9.93. The number of hydrogen-bond donors (Lipinski definition) is 0. The highest BCUT2D eigenvalue weighted by Crippen LogP contribution is 2.44. The van der Waals surface area contributed by atoms with Gasteiger partial charge in [0, 0.05) is 21.5 Å². The van der Waals surface area contributed by atoms with Crippen LogP contribution in [0.2, 0.25) is 0 Å². The zero-order valence-electron chi connectivity index (χ0n) is 25.7. The van der Waals surface area contributed by atoms with Crippen molar-refractivity contribution in [2.45, 2.75) is 60.3 Å². The number of rotatable bonds is 3. The Morgan fingerprint density at radius 1 is 0.452 bits per heavy atom. The first-order valence-corrected chi connectivity index (χ1v) is 15.4. The summed E-state index contributed by atoms with van der Waals surface area (Å²) < 4.78 is 2.54. The molecule has 0 atom stereocenters. The van der Waals surface area contributed by atoms with Crippen molar-refractivity contribution in [3.05, 3.63) is 113 Å². The van der Waals surface area contributed by atoms with Crippen molar-refractivity contribution in [1.82, 2.24) is 4.40 Å². The molecule has 0 aliphatic carbocycles. The van der Waals surface area contributed by atoms with Crippen LogP contribution in [0.1, 0.15) is 67.3 Å². The molecule has 6 aromatic carbocycles. The van der Waals surface area contributed by atoms with Crippen LogP contribution in [-0.2, 0) is 0 Å². The standard InChI is InChI=1S/C41H37N/c1-22(2)27-8-10-29-20-39-35(16-32(29)14-27)37-18-34(31-12-24(5)26(7)25(6)13-31)19-38-36-17-33-15-28(23(3)4)9-11-30(33)21-40(36)42(39)41(37)38/h8-23H,1-7H3. The number of aryl methyl sites for hydroxylation is 2. The Morgan fingerprint density at radius 3 is 1.36 bits per heavy atom. The summed E-state index contributed by atoms with van der Waals surface area (Å²) in [5, 5.41) is 10.6. The minimum atomic E-state index is 0.507.